The Hall–Kier alpha value is -1.25. The monoisotopic (exact) mass is 221 g/mol. The Morgan fingerprint density at radius 2 is 1.88 bits per heavy atom. The molecule has 0 amide bonds. The summed E-state index contributed by atoms with van der Waals surface area (Å²) in [6.45, 7) is 3.23. The summed E-state index contributed by atoms with van der Waals surface area (Å²) in [5, 5.41) is 3.29. The Morgan fingerprint density at radius 3 is 2.62 bits per heavy atom. The van der Waals surface area contributed by atoms with E-state index in [1.54, 1.807) is 6.07 Å². The molecule has 1 rings (SSSR count). The van der Waals surface area contributed by atoms with Gasteiger partial charge in [0.2, 0.25) is 0 Å². The average Bonchev–Trinajstić information content (AvgIpc) is 2.28. The molecule has 1 aromatic heterocycles. The Bertz CT molecular complexity index is 286. The van der Waals surface area contributed by atoms with Crippen LogP contribution >= 0.6 is 0 Å². The van der Waals surface area contributed by atoms with Gasteiger partial charge in [-0.1, -0.05) is 45.1 Å². The number of nitrogens with one attached hydrogen (secondary N) is 1. The molecule has 3 N–H and O–H groups in total. The summed E-state index contributed by atoms with van der Waals surface area (Å²) >= 11 is 0. The van der Waals surface area contributed by atoms with Crippen LogP contribution in [0.25, 0.3) is 0 Å². The first-order chi connectivity index (χ1) is 7.83. The molecule has 0 saturated carbocycles. The molecule has 0 aliphatic carbocycles. The predicted molar refractivity (Wildman–Crippen MR) is 70.5 cm³/mol. The summed E-state index contributed by atoms with van der Waals surface area (Å²) in [5.74, 6) is 1.46. The Kier molecular flexibility index (Phi) is 6.38. The van der Waals surface area contributed by atoms with Gasteiger partial charge >= 0.3 is 0 Å². The average molecular weight is 221 g/mol. The van der Waals surface area contributed by atoms with Gasteiger partial charge in [-0.25, -0.2) is 4.98 Å². The summed E-state index contributed by atoms with van der Waals surface area (Å²) in [6, 6.07) is 5.68. The molecule has 1 heterocycles. The molecule has 0 bridgehead atoms. The van der Waals surface area contributed by atoms with E-state index >= 15 is 0 Å². The molecule has 16 heavy (non-hydrogen) atoms. The number of nitrogens with two attached hydrogens (primary N) is 1. The summed E-state index contributed by atoms with van der Waals surface area (Å²) in [7, 11) is 0. The highest BCUT2D eigenvalue weighted by Gasteiger charge is 1.94. The number of pyridine rings is 1. The third kappa shape index (κ3) is 5.59. The molecule has 90 valence electrons. The first-order valence-electron chi connectivity index (χ1n) is 6.29. The zero-order chi connectivity index (χ0) is 11.6. The number of hydrogen-bond acceptors (Lipinski definition) is 3. The largest absolute Gasteiger partial charge is 0.384 e. The Balaban J connectivity index is 2.03. The van der Waals surface area contributed by atoms with E-state index in [2.05, 4.69) is 17.2 Å². The molecule has 0 radical (unpaired) electrons. The second-order valence-corrected chi connectivity index (χ2v) is 4.14. The smallest absolute Gasteiger partial charge is 0.128 e. The lowest BCUT2D eigenvalue weighted by Gasteiger charge is -2.05. The summed E-state index contributed by atoms with van der Waals surface area (Å²) < 4.78 is 0. The molecular weight excluding hydrogens is 198 g/mol. The van der Waals surface area contributed by atoms with E-state index in [1.807, 2.05) is 12.1 Å². The summed E-state index contributed by atoms with van der Waals surface area (Å²) in [6.07, 6.45) is 7.90. The van der Waals surface area contributed by atoms with E-state index in [4.69, 9.17) is 5.73 Å². The van der Waals surface area contributed by atoms with Crippen molar-refractivity contribution in [3.63, 3.8) is 0 Å². The number of aromatic nitrogens is 1. The lowest BCUT2D eigenvalue weighted by Crippen LogP contribution is -2.04. The highest BCUT2D eigenvalue weighted by molar-refractivity contribution is 5.41. The van der Waals surface area contributed by atoms with Gasteiger partial charge in [-0.05, 0) is 18.6 Å². The van der Waals surface area contributed by atoms with Crippen LogP contribution in [-0.4, -0.2) is 11.5 Å². The Morgan fingerprint density at radius 1 is 1.12 bits per heavy atom. The van der Waals surface area contributed by atoms with Crippen molar-refractivity contribution in [2.75, 3.05) is 17.6 Å². The van der Waals surface area contributed by atoms with E-state index in [1.165, 1.54) is 38.5 Å². The van der Waals surface area contributed by atoms with E-state index in [-0.39, 0.29) is 0 Å². The molecule has 0 aromatic carbocycles. The maximum atomic E-state index is 5.59. The first-order valence-corrected chi connectivity index (χ1v) is 6.29. The quantitative estimate of drug-likeness (QED) is 0.661. The predicted octanol–water partition coefficient (Wildman–Crippen LogP) is 3.44. The van der Waals surface area contributed by atoms with Gasteiger partial charge in [-0.2, -0.15) is 0 Å². The SMILES string of the molecule is CCCCCCCCNc1cccc(N)n1. The maximum absolute atomic E-state index is 5.59. The maximum Gasteiger partial charge on any atom is 0.128 e. The highest BCUT2D eigenvalue weighted by atomic mass is 15.0. The summed E-state index contributed by atoms with van der Waals surface area (Å²) in [4.78, 5) is 4.19. The number of rotatable bonds is 8. The van der Waals surface area contributed by atoms with Crippen molar-refractivity contribution in [3.8, 4) is 0 Å². The van der Waals surface area contributed by atoms with Crippen molar-refractivity contribution in [1.82, 2.24) is 4.98 Å². The van der Waals surface area contributed by atoms with E-state index in [0.29, 0.717) is 5.82 Å². The zero-order valence-electron chi connectivity index (χ0n) is 10.2. The van der Waals surface area contributed by atoms with E-state index in [9.17, 15) is 0 Å². The molecule has 0 unspecified atom stereocenters. The van der Waals surface area contributed by atoms with Crippen molar-refractivity contribution in [2.24, 2.45) is 0 Å². The number of nitrogen functional groups attached to an aromatic ring is 1. The second kappa shape index (κ2) is 7.97. The molecule has 0 fully saturated rings. The number of unbranched alkanes of at least 4 members (excludes halogenated alkanes) is 5. The van der Waals surface area contributed by atoms with Crippen LogP contribution in [-0.2, 0) is 0 Å². The highest BCUT2D eigenvalue weighted by Crippen LogP contribution is 2.08. The van der Waals surface area contributed by atoms with Gasteiger partial charge in [0.15, 0.2) is 0 Å². The van der Waals surface area contributed by atoms with E-state index < -0.39 is 0 Å². The van der Waals surface area contributed by atoms with Gasteiger partial charge in [0, 0.05) is 6.54 Å². The van der Waals surface area contributed by atoms with Crippen LogP contribution in [0.15, 0.2) is 18.2 Å². The standard InChI is InChI=1S/C13H23N3/c1-2-3-4-5-6-7-11-15-13-10-8-9-12(14)16-13/h8-10H,2-7,11H2,1H3,(H3,14,15,16). The van der Waals surface area contributed by atoms with Crippen LogP contribution in [0.1, 0.15) is 45.4 Å². The topological polar surface area (TPSA) is 50.9 Å². The summed E-state index contributed by atoms with van der Waals surface area (Å²) in [5.41, 5.74) is 5.59. The molecule has 0 aliphatic rings. The first kappa shape index (κ1) is 12.8. The fraction of sp³-hybridized carbons (Fsp3) is 0.615. The number of anilines is 2. The van der Waals surface area contributed by atoms with Crippen molar-refractivity contribution in [2.45, 2.75) is 45.4 Å². The van der Waals surface area contributed by atoms with Gasteiger partial charge < -0.3 is 11.1 Å². The van der Waals surface area contributed by atoms with Crippen molar-refractivity contribution in [3.05, 3.63) is 18.2 Å². The fourth-order valence-corrected chi connectivity index (χ4v) is 1.67. The van der Waals surface area contributed by atoms with Crippen LogP contribution in [0.4, 0.5) is 11.6 Å². The minimum Gasteiger partial charge on any atom is -0.384 e. The van der Waals surface area contributed by atoms with Gasteiger partial charge in [-0.3, -0.25) is 0 Å². The lowest BCUT2D eigenvalue weighted by atomic mass is 10.1. The van der Waals surface area contributed by atoms with Crippen LogP contribution in [0, 0.1) is 0 Å². The van der Waals surface area contributed by atoms with Crippen molar-refractivity contribution < 1.29 is 0 Å². The second-order valence-electron chi connectivity index (χ2n) is 4.14. The third-order valence-electron chi connectivity index (χ3n) is 2.61. The minimum absolute atomic E-state index is 0.577. The Labute approximate surface area is 98.5 Å². The fourth-order valence-electron chi connectivity index (χ4n) is 1.67. The molecule has 3 heteroatoms. The molecule has 0 spiro atoms. The van der Waals surface area contributed by atoms with Gasteiger partial charge in [-0.15, -0.1) is 0 Å². The molecule has 1 aromatic rings. The van der Waals surface area contributed by atoms with Crippen LogP contribution in [0.2, 0.25) is 0 Å². The van der Waals surface area contributed by atoms with E-state index in [0.717, 1.165) is 12.4 Å². The zero-order valence-corrected chi connectivity index (χ0v) is 10.2. The third-order valence-corrected chi connectivity index (χ3v) is 2.61. The number of hydrogen-bond donors (Lipinski definition) is 2. The molecule has 0 atom stereocenters. The van der Waals surface area contributed by atoms with Gasteiger partial charge in [0.25, 0.3) is 0 Å². The van der Waals surface area contributed by atoms with Gasteiger partial charge in [0.05, 0.1) is 0 Å². The minimum atomic E-state index is 0.577. The molecule has 0 saturated heterocycles. The molecule has 0 aliphatic heterocycles. The van der Waals surface area contributed by atoms with Gasteiger partial charge in [0.1, 0.15) is 11.6 Å². The van der Waals surface area contributed by atoms with Crippen molar-refractivity contribution in [1.29, 1.82) is 0 Å². The number of nitrogens with zero attached hydrogens (tertiary/aromatic N) is 1. The lowest BCUT2D eigenvalue weighted by molar-refractivity contribution is 0.617. The van der Waals surface area contributed by atoms with Crippen LogP contribution in [0.3, 0.4) is 0 Å². The van der Waals surface area contributed by atoms with Crippen LogP contribution < -0.4 is 11.1 Å². The molecule has 3 nitrogen and oxygen atoms in total. The normalized spacial score (nSPS) is 10.3. The molecular formula is C13H23N3. The van der Waals surface area contributed by atoms with Crippen LogP contribution in [0.5, 0.6) is 0 Å². The van der Waals surface area contributed by atoms with Crippen molar-refractivity contribution >= 4 is 11.6 Å².